The van der Waals surface area contributed by atoms with E-state index in [0.717, 1.165) is 28.9 Å². The molecule has 1 aliphatic carbocycles. The van der Waals surface area contributed by atoms with Crippen LogP contribution in [0, 0.1) is 5.41 Å². The Bertz CT molecular complexity index is 752. The van der Waals surface area contributed by atoms with Gasteiger partial charge in [-0.2, -0.15) is 0 Å². The molecule has 1 aliphatic heterocycles. The minimum atomic E-state index is -0.547. The lowest BCUT2D eigenvalue weighted by molar-refractivity contribution is -0.132. The van der Waals surface area contributed by atoms with Crippen molar-refractivity contribution in [1.82, 2.24) is 9.97 Å². The van der Waals surface area contributed by atoms with Crippen molar-refractivity contribution < 1.29 is 9.53 Å². The van der Waals surface area contributed by atoms with Crippen LogP contribution in [-0.4, -0.2) is 35.6 Å². The van der Waals surface area contributed by atoms with Crippen molar-refractivity contribution in [2.75, 3.05) is 25.1 Å². The zero-order valence-electron chi connectivity index (χ0n) is 12.9. The van der Waals surface area contributed by atoms with Gasteiger partial charge in [-0.05, 0) is 37.7 Å². The molecule has 3 heterocycles. The maximum absolute atomic E-state index is 12.0. The molecule has 0 atom stereocenters. The predicted octanol–water partition coefficient (Wildman–Crippen LogP) is 1.87. The standard InChI is InChI=1S/C16H20N4O2S/c17-15(21)16(4-6-22-7-5-16)8-18-13-12-10-2-1-3-11(10)23-14(12)20-9-19-13/h9H,1-8H2,(H2,17,21)(H,18,19,20). The van der Waals surface area contributed by atoms with E-state index in [9.17, 15) is 4.79 Å². The fraction of sp³-hybridized carbons (Fsp3) is 0.562. The van der Waals surface area contributed by atoms with Gasteiger partial charge in [-0.1, -0.05) is 0 Å². The van der Waals surface area contributed by atoms with E-state index < -0.39 is 5.41 Å². The fourth-order valence-electron chi connectivity index (χ4n) is 3.59. The van der Waals surface area contributed by atoms with Crippen LogP contribution in [-0.2, 0) is 22.4 Å². The Kier molecular flexibility index (Phi) is 3.69. The summed E-state index contributed by atoms with van der Waals surface area (Å²) in [6, 6.07) is 0. The first kappa shape index (κ1) is 14.8. The zero-order chi connectivity index (χ0) is 15.9. The number of hydrogen-bond donors (Lipinski definition) is 2. The van der Waals surface area contributed by atoms with Crippen molar-refractivity contribution in [2.24, 2.45) is 11.1 Å². The molecule has 23 heavy (non-hydrogen) atoms. The minimum Gasteiger partial charge on any atom is -0.381 e. The van der Waals surface area contributed by atoms with E-state index in [1.165, 1.54) is 16.9 Å². The molecule has 0 bridgehead atoms. The molecular formula is C16H20N4O2S. The first-order valence-corrected chi connectivity index (χ1v) is 8.88. The van der Waals surface area contributed by atoms with Crippen molar-refractivity contribution in [3.63, 3.8) is 0 Å². The molecule has 2 aromatic rings. The number of primary amides is 1. The molecule has 122 valence electrons. The van der Waals surface area contributed by atoms with Crippen LogP contribution in [0.5, 0.6) is 0 Å². The number of anilines is 1. The molecule has 1 saturated heterocycles. The summed E-state index contributed by atoms with van der Waals surface area (Å²) in [6.07, 6.45) is 6.34. The smallest absolute Gasteiger partial charge is 0.225 e. The van der Waals surface area contributed by atoms with E-state index in [1.54, 1.807) is 17.7 Å². The number of carbonyl (C=O) groups excluding carboxylic acids is 1. The van der Waals surface area contributed by atoms with Gasteiger partial charge in [0.15, 0.2) is 0 Å². The summed E-state index contributed by atoms with van der Waals surface area (Å²) < 4.78 is 5.39. The van der Waals surface area contributed by atoms with Gasteiger partial charge in [0.25, 0.3) is 0 Å². The van der Waals surface area contributed by atoms with E-state index >= 15 is 0 Å². The Balaban J connectivity index is 1.64. The molecule has 0 aromatic carbocycles. The van der Waals surface area contributed by atoms with Crippen molar-refractivity contribution >= 4 is 33.3 Å². The Morgan fingerprint density at radius 2 is 2.17 bits per heavy atom. The molecule has 7 heteroatoms. The molecule has 2 aliphatic rings. The van der Waals surface area contributed by atoms with Crippen LogP contribution < -0.4 is 11.1 Å². The lowest BCUT2D eigenvalue weighted by atomic mass is 9.79. The van der Waals surface area contributed by atoms with Gasteiger partial charge in [-0.3, -0.25) is 4.79 Å². The number of thiophene rings is 1. The number of ether oxygens (including phenoxy) is 1. The highest BCUT2D eigenvalue weighted by Crippen LogP contribution is 2.39. The van der Waals surface area contributed by atoms with E-state index in [2.05, 4.69) is 15.3 Å². The quantitative estimate of drug-likeness (QED) is 0.892. The van der Waals surface area contributed by atoms with Crippen LogP contribution >= 0.6 is 11.3 Å². The Labute approximate surface area is 138 Å². The number of fused-ring (bicyclic) bond motifs is 3. The lowest BCUT2D eigenvalue weighted by Gasteiger charge is -2.34. The maximum Gasteiger partial charge on any atom is 0.225 e. The predicted molar refractivity (Wildman–Crippen MR) is 89.6 cm³/mol. The fourth-order valence-corrected chi connectivity index (χ4v) is 4.82. The molecule has 0 spiro atoms. The molecule has 3 N–H and O–H groups in total. The molecule has 4 rings (SSSR count). The summed E-state index contributed by atoms with van der Waals surface area (Å²) in [5.41, 5.74) is 6.52. The van der Waals surface area contributed by atoms with E-state index in [1.807, 2.05) is 0 Å². The number of rotatable bonds is 4. The summed E-state index contributed by atoms with van der Waals surface area (Å²) in [6.45, 7) is 1.66. The second kappa shape index (κ2) is 5.72. The molecule has 0 unspecified atom stereocenters. The number of aromatic nitrogens is 2. The van der Waals surface area contributed by atoms with Crippen molar-refractivity contribution in [1.29, 1.82) is 0 Å². The summed E-state index contributed by atoms with van der Waals surface area (Å²) in [7, 11) is 0. The summed E-state index contributed by atoms with van der Waals surface area (Å²) in [5, 5.41) is 4.53. The average molecular weight is 332 g/mol. The first-order valence-electron chi connectivity index (χ1n) is 8.06. The van der Waals surface area contributed by atoms with Gasteiger partial charge < -0.3 is 15.8 Å². The van der Waals surface area contributed by atoms with Crippen molar-refractivity contribution in [3.8, 4) is 0 Å². The molecule has 1 amide bonds. The number of hydrogen-bond acceptors (Lipinski definition) is 6. The van der Waals surface area contributed by atoms with Crippen LogP contribution in [0.3, 0.4) is 0 Å². The second-order valence-electron chi connectivity index (χ2n) is 6.37. The van der Waals surface area contributed by atoms with Crippen LogP contribution in [0.1, 0.15) is 29.7 Å². The van der Waals surface area contributed by atoms with Gasteiger partial charge in [0.2, 0.25) is 5.91 Å². The molecule has 1 fully saturated rings. The molecule has 6 nitrogen and oxygen atoms in total. The van der Waals surface area contributed by atoms with Crippen molar-refractivity contribution in [3.05, 3.63) is 16.8 Å². The summed E-state index contributed by atoms with van der Waals surface area (Å²) >= 11 is 1.76. The SMILES string of the molecule is NC(=O)C1(CNc2ncnc3sc4c(c23)CCC4)CCOCC1. The van der Waals surface area contributed by atoms with E-state index in [0.29, 0.717) is 32.6 Å². The Morgan fingerprint density at radius 3 is 2.96 bits per heavy atom. The lowest BCUT2D eigenvalue weighted by Crippen LogP contribution is -2.46. The Morgan fingerprint density at radius 1 is 1.35 bits per heavy atom. The highest BCUT2D eigenvalue weighted by atomic mass is 32.1. The van der Waals surface area contributed by atoms with Gasteiger partial charge in [0, 0.05) is 24.6 Å². The maximum atomic E-state index is 12.0. The number of nitrogens with two attached hydrogens (primary N) is 1. The van der Waals surface area contributed by atoms with Gasteiger partial charge in [0.05, 0.1) is 10.8 Å². The zero-order valence-corrected chi connectivity index (χ0v) is 13.7. The third kappa shape index (κ3) is 2.48. The van der Waals surface area contributed by atoms with Crippen LogP contribution in [0.25, 0.3) is 10.2 Å². The summed E-state index contributed by atoms with van der Waals surface area (Å²) in [5.74, 6) is 0.579. The molecule has 0 saturated carbocycles. The monoisotopic (exact) mass is 332 g/mol. The van der Waals surface area contributed by atoms with Crippen LogP contribution in [0.15, 0.2) is 6.33 Å². The molecular weight excluding hydrogens is 312 g/mol. The van der Waals surface area contributed by atoms with Gasteiger partial charge in [-0.25, -0.2) is 9.97 Å². The number of nitrogens with one attached hydrogen (secondary N) is 1. The topological polar surface area (TPSA) is 90.1 Å². The Hall–Kier alpha value is -1.73. The van der Waals surface area contributed by atoms with Gasteiger partial charge in [0.1, 0.15) is 17.0 Å². The third-order valence-corrected chi connectivity index (χ3v) is 6.27. The number of amides is 1. The highest BCUT2D eigenvalue weighted by Gasteiger charge is 2.38. The van der Waals surface area contributed by atoms with E-state index in [-0.39, 0.29) is 5.91 Å². The summed E-state index contributed by atoms with van der Waals surface area (Å²) in [4.78, 5) is 23.3. The van der Waals surface area contributed by atoms with E-state index in [4.69, 9.17) is 10.5 Å². The normalized spacial score (nSPS) is 19.7. The molecule has 0 radical (unpaired) electrons. The van der Waals surface area contributed by atoms with Gasteiger partial charge in [-0.15, -0.1) is 11.3 Å². The first-order chi connectivity index (χ1) is 11.2. The number of carbonyl (C=O) groups is 1. The number of nitrogens with zero attached hydrogens (tertiary/aromatic N) is 2. The minimum absolute atomic E-state index is 0.255. The number of aryl methyl sites for hydroxylation is 2. The van der Waals surface area contributed by atoms with Crippen LogP contribution in [0.2, 0.25) is 0 Å². The van der Waals surface area contributed by atoms with Crippen LogP contribution in [0.4, 0.5) is 5.82 Å². The van der Waals surface area contributed by atoms with Crippen molar-refractivity contribution in [2.45, 2.75) is 32.1 Å². The molecule has 2 aromatic heterocycles. The largest absolute Gasteiger partial charge is 0.381 e. The van der Waals surface area contributed by atoms with Gasteiger partial charge >= 0.3 is 0 Å². The average Bonchev–Trinajstić information content (AvgIpc) is 3.14. The third-order valence-electron chi connectivity index (χ3n) is 5.07. The second-order valence-corrected chi connectivity index (χ2v) is 7.45. The highest BCUT2D eigenvalue weighted by molar-refractivity contribution is 7.19.